The lowest BCUT2D eigenvalue weighted by molar-refractivity contribution is 0.0773. The second kappa shape index (κ2) is 13.9. The van der Waals surface area contributed by atoms with Crippen LogP contribution in [0.2, 0.25) is 0 Å². The SMILES string of the molecule is CC(C)n1nc(C(=O)NCc2ccc(NC(=O)N(C)C)cc2)c2c1[C@@H](C)CN(c1ccc(C(=O)N(C)C[C@H]3CCN(C)C3)cc1)C2. The number of fused-ring (bicyclic) bond motifs is 1. The average Bonchev–Trinajstić information content (AvgIpc) is 3.63. The van der Waals surface area contributed by atoms with Gasteiger partial charge in [-0.25, -0.2) is 4.79 Å². The summed E-state index contributed by atoms with van der Waals surface area (Å²) >= 11 is 0. The van der Waals surface area contributed by atoms with E-state index in [0.717, 1.165) is 55.1 Å². The topological polar surface area (TPSA) is 106 Å². The molecule has 46 heavy (non-hydrogen) atoms. The van der Waals surface area contributed by atoms with Crippen LogP contribution in [0.25, 0.3) is 0 Å². The van der Waals surface area contributed by atoms with Crippen LogP contribution in [0.4, 0.5) is 16.2 Å². The van der Waals surface area contributed by atoms with Crippen molar-refractivity contribution < 1.29 is 14.4 Å². The molecule has 2 aliphatic rings. The highest BCUT2D eigenvalue weighted by molar-refractivity contribution is 5.95. The first-order valence-electron chi connectivity index (χ1n) is 16.2. The van der Waals surface area contributed by atoms with Gasteiger partial charge in [0, 0.05) is 94.0 Å². The fourth-order valence-electron chi connectivity index (χ4n) is 6.49. The predicted molar refractivity (Wildman–Crippen MR) is 181 cm³/mol. The van der Waals surface area contributed by atoms with Crippen LogP contribution in [-0.2, 0) is 13.1 Å². The number of hydrogen-bond acceptors (Lipinski definition) is 6. The van der Waals surface area contributed by atoms with Crippen molar-refractivity contribution in [2.45, 2.75) is 52.2 Å². The summed E-state index contributed by atoms with van der Waals surface area (Å²) in [5.74, 6) is 0.498. The molecule has 2 atom stereocenters. The number of benzene rings is 2. The first-order valence-corrected chi connectivity index (χ1v) is 16.2. The Hall–Kier alpha value is -4.38. The maximum Gasteiger partial charge on any atom is 0.321 e. The van der Waals surface area contributed by atoms with Gasteiger partial charge < -0.3 is 30.2 Å². The summed E-state index contributed by atoms with van der Waals surface area (Å²) in [6.45, 7) is 10.9. The summed E-state index contributed by atoms with van der Waals surface area (Å²) in [5, 5.41) is 10.7. The van der Waals surface area contributed by atoms with Crippen molar-refractivity contribution in [3.63, 3.8) is 0 Å². The molecule has 2 aromatic carbocycles. The Labute approximate surface area is 272 Å². The third kappa shape index (κ3) is 7.36. The van der Waals surface area contributed by atoms with Gasteiger partial charge in [0.15, 0.2) is 5.69 Å². The smallest absolute Gasteiger partial charge is 0.321 e. The highest BCUT2D eigenvalue weighted by atomic mass is 16.2. The van der Waals surface area contributed by atoms with E-state index in [0.29, 0.717) is 36.0 Å². The lowest BCUT2D eigenvalue weighted by atomic mass is 9.95. The van der Waals surface area contributed by atoms with Gasteiger partial charge in [-0.3, -0.25) is 14.3 Å². The Morgan fingerprint density at radius 1 is 1.00 bits per heavy atom. The van der Waals surface area contributed by atoms with Crippen LogP contribution in [0.5, 0.6) is 0 Å². The van der Waals surface area contributed by atoms with Crippen molar-refractivity contribution in [2.75, 3.05) is 64.6 Å². The summed E-state index contributed by atoms with van der Waals surface area (Å²) in [6.07, 6.45) is 1.13. The van der Waals surface area contributed by atoms with E-state index in [2.05, 4.69) is 48.3 Å². The maximum atomic E-state index is 13.6. The van der Waals surface area contributed by atoms with Crippen molar-refractivity contribution in [3.8, 4) is 0 Å². The summed E-state index contributed by atoms with van der Waals surface area (Å²) in [6, 6.07) is 15.2. The number of amides is 4. The van der Waals surface area contributed by atoms with Crippen molar-refractivity contribution in [1.29, 1.82) is 0 Å². The van der Waals surface area contributed by atoms with E-state index in [4.69, 9.17) is 5.10 Å². The standard InChI is InChI=1S/C35H48N8O3/c1-23(2)43-32-24(3)19-42(29-14-10-27(11-15-29)34(45)41(7)21-26-16-17-40(6)20-26)22-30(32)31(38-43)33(44)36-18-25-8-12-28(13-9-25)37-35(46)39(4)5/h8-15,23-24,26H,16-22H2,1-7H3,(H,36,44)(H,37,46)/t24-,26-/m0/s1. The van der Waals surface area contributed by atoms with Crippen molar-refractivity contribution in [3.05, 3.63) is 76.6 Å². The first-order chi connectivity index (χ1) is 21.9. The van der Waals surface area contributed by atoms with Crippen LogP contribution in [0, 0.1) is 5.92 Å². The molecule has 1 saturated heterocycles. The fraction of sp³-hybridized carbons (Fsp3) is 0.486. The van der Waals surface area contributed by atoms with Crippen LogP contribution < -0.4 is 15.5 Å². The lowest BCUT2D eigenvalue weighted by Gasteiger charge is -2.34. The molecule has 3 aromatic rings. The number of nitrogens with zero attached hydrogens (tertiary/aromatic N) is 6. The molecule has 3 heterocycles. The van der Waals surface area contributed by atoms with E-state index < -0.39 is 0 Å². The quantitative estimate of drug-likeness (QED) is 0.358. The van der Waals surface area contributed by atoms with E-state index >= 15 is 0 Å². The van der Waals surface area contributed by atoms with Gasteiger partial charge in [0.1, 0.15) is 0 Å². The number of hydrogen-bond donors (Lipinski definition) is 2. The zero-order chi connectivity index (χ0) is 33.1. The molecule has 246 valence electrons. The first kappa shape index (κ1) is 33.0. The van der Waals surface area contributed by atoms with Crippen LogP contribution in [0.15, 0.2) is 48.5 Å². The molecule has 11 nitrogen and oxygen atoms in total. The lowest BCUT2D eigenvalue weighted by Crippen LogP contribution is -2.35. The van der Waals surface area contributed by atoms with E-state index in [-0.39, 0.29) is 29.8 Å². The second-order valence-electron chi connectivity index (χ2n) is 13.4. The molecule has 5 rings (SSSR count). The fourth-order valence-corrected chi connectivity index (χ4v) is 6.49. The number of carbonyl (C=O) groups excluding carboxylic acids is 3. The van der Waals surface area contributed by atoms with E-state index in [1.165, 1.54) is 4.90 Å². The Balaban J connectivity index is 1.27. The predicted octanol–water partition coefficient (Wildman–Crippen LogP) is 4.63. The molecule has 0 bridgehead atoms. The van der Waals surface area contributed by atoms with Crippen LogP contribution in [0.1, 0.15) is 76.8 Å². The molecule has 0 aliphatic carbocycles. The maximum absolute atomic E-state index is 13.6. The molecular weight excluding hydrogens is 580 g/mol. The van der Waals surface area contributed by atoms with Crippen LogP contribution >= 0.6 is 0 Å². The number of anilines is 2. The zero-order valence-electron chi connectivity index (χ0n) is 28.2. The zero-order valence-corrected chi connectivity index (χ0v) is 28.2. The normalized spacial score (nSPS) is 18.0. The molecule has 0 saturated carbocycles. The Morgan fingerprint density at radius 3 is 2.30 bits per heavy atom. The van der Waals surface area contributed by atoms with Gasteiger partial charge in [-0.2, -0.15) is 5.10 Å². The second-order valence-corrected chi connectivity index (χ2v) is 13.4. The Kier molecular flexibility index (Phi) is 10.0. The van der Waals surface area contributed by atoms with Gasteiger partial charge >= 0.3 is 6.03 Å². The molecule has 1 fully saturated rings. The largest absolute Gasteiger partial charge is 0.366 e. The highest BCUT2D eigenvalue weighted by Gasteiger charge is 2.33. The molecule has 0 radical (unpaired) electrons. The third-order valence-electron chi connectivity index (χ3n) is 8.98. The molecule has 2 N–H and O–H groups in total. The minimum atomic E-state index is -0.216. The van der Waals surface area contributed by atoms with Gasteiger partial charge in [0.25, 0.3) is 11.8 Å². The third-order valence-corrected chi connectivity index (χ3v) is 8.98. The van der Waals surface area contributed by atoms with Crippen LogP contribution in [0.3, 0.4) is 0 Å². The highest BCUT2D eigenvalue weighted by Crippen LogP contribution is 2.35. The Bertz CT molecular complexity index is 1550. The molecule has 0 unspecified atom stereocenters. The monoisotopic (exact) mass is 628 g/mol. The number of carbonyl (C=O) groups is 3. The minimum absolute atomic E-state index is 0.0422. The minimum Gasteiger partial charge on any atom is -0.366 e. The average molecular weight is 629 g/mol. The van der Waals surface area contributed by atoms with E-state index in [9.17, 15) is 14.4 Å². The van der Waals surface area contributed by atoms with Gasteiger partial charge in [-0.1, -0.05) is 19.1 Å². The number of rotatable bonds is 9. The summed E-state index contributed by atoms with van der Waals surface area (Å²) < 4.78 is 1.99. The summed E-state index contributed by atoms with van der Waals surface area (Å²) in [5.41, 5.74) is 5.79. The number of aromatic nitrogens is 2. The van der Waals surface area contributed by atoms with Crippen LogP contribution in [-0.4, -0.2) is 96.7 Å². The van der Waals surface area contributed by atoms with Gasteiger partial charge in [-0.05, 0) is 81.7 Å². The molecule has 2 aliphatic heterocycles. The van der Waals surface area contributed by atoms with Crippen molar-refractivity contribution >= 4 is 29.2 Å². The van der Waals surface area contributed by atoms with E-state index in [1.807, 2.05) is 65.2 Å². The molecule has 11 heteroatoms. The summed E-state index contributed by atoms with van der Waals surface area (Å²) in [7, 11) is 7.40. The van der Waals surface area contributed by atoms with Crippen molar-refractivity contribution in [1.82, 2.24) is 29.8 Å². The summed E-state index contributed by atoms with van der Waals surface area (Å²) in [4.78, 5) is 46.6. The van der Waals surface area contributed by atoms with Gasteiger partial charge in [0.2, 0.25) is 0 Å². The Morgan fingerprint density at radius 2 is 1.70 bits per heavy atom. The van der Waals surface area contributed by atoms with Crippen molar-refractivity contribution in [2.24, 2.45) is 5.92 Å². The number of urea groups is 1. The molecular formula is C35H48N8O3. The molecule has 0 spiro atoms. The molecule has 1 aromatic heterocycles. The number of nitrogens with one attached hydrogen (secondary N) is 2. The molecule has 4 amide bonds. The number of likely N-dealkylation sites (tertiary alicyclic amines) is 1. The van der Waals surface area contributed by atoms with E-state index in [1.54, 1.807) is 14.1 Å². The van der Waals surface area contributed by atoms with Gasteiger partial charge in [0.05, 0.1) is 0 Å². The van der Waals surface area contributed by atoms with Gasteiger partial charge in [-0.15, -0.1) is 0 Å².